The molecule has 0 radical (unpaired) electrons. The lowest BCUT2D eigenvalue weighted by Crippen LogP contribution is -2.43. The van der Waals surface area contributed by atoms with Gasteiger partial charge in [0.15, 0.2) is 0 Å². The minimum Gasteiger partial charge on any atom is -0.384 e. The van der Waals surface area contributed by atoms with Crippen molar-refractivity contribution in [1.82, 2.24) is 35.1 Å². The number of likely N-dealkylation sites (tertiary alicyclic amines) is 5. The van der Waals surface area contributed by atoms with E-state index in [9.17, 15) is 0 Å². The molecule has 127 heavy (non-hydrogen) atoms. The standard InChI is InChI=1S/C10H19NO.C9H19NO.2C8H17NO.2C7H15NO.C7H14O2.C7H14O.C6H13NO.2C6H12O2.C6H12O.C6H14.2C5H12O/c1-8(2)11-6-5-9(3)10(7-11)12-4;1-4-10-6-5-8(2)9(7-10)11-3;1-7-4-5-9(2)6-8(7)10-3;1-4-9-5-7(2)8(6-9)10-3;1-6-4-8(2)5-7(6)9-3;1-6-3-4-8-5-7(6)9-2;1-6-5-9-4-3-7(6)8-2;1-6-4-3-5-7(6)8-2;1-5-3-7-4-6(5)8-2;1-6(3-7-2)4-8-5-6;1-5-3-8-4-6(5)7-2;1-6(3-4-6)5-7-2;1-4-5-6(2)3;1-5(2)4-6-3;1-4-5(2)6-3/h9-10H,1,5-7H2,2-4H3;8-9H,4-7H2,1-3H3;2*7-8H,4-6H2,1-3H3;6-7H,4-5H2,1-3H3;6-8H,3-5H2,1-2H3;6-7H,3-5H2,1-2H3;6-7H,3-5H2,1-2H3;5-7H,3-4H2,1-2H3;3-5H2,1-2H3;5-6H,3-4H2,1-2H3;3-5H2,1-2H3;6H,4-5H2,1-3H3;2*5H,4H2,1-3H3/t9?,10-;8?,9-;2*7?,8-;4*6?,7-;5?,6-;;5?,6-;;;;5-/m000000000.0...0/s1. The highest BCUT2D eigenvalue weighted by molar-refractivity contribution is 4.94. The number of nitrogens with zero attached hydrogens (tertiary/aromatic N) is 5. The number of piperidine rings is 4. The van der Waals surface area contributed by atoms with Gasteiger partial charge in [0.1, 0.15) is 0 Å². The van der Waals surface area contributed by atoms with Crippen molar-refractivity contribution in [3.05, 3.63) is 12.3 Å². The van der Waals surface area contributed by atoms with Crippen molar-refractivity contribution in [2.24, 2.45) is 81.8 Å². The number of hydrogen-bond donors (Lipinski definition) is 2. The van der Waals surface area contributed by atoms with Gasteiger partial charge in [0, 0.05) is 208 Å². The van der Waals surface area contributed by atoms with Gasteiger partial charge in [-0.25, -0.2) is 0 Å². The van der Waals surface area contributed by atoms with E-state index in [0.29, 0.717) is 119 Å². The van der Waals surface area contributed by atoms with Gasteiger partial charge in [-0.1, -0.05) is 164 Å². The quantitative estimate of drug-likeness (QED) is 0.0978. The molecule has 766 valence electrons. The molecule has 21 atom stereocenters. The van der Waals surface area contributed by atoms with Crippen LogP contribution in [-0.2, 0) is 80.5 Å². The van der Waals surface area contributed by atoms with Crippen molar-refractivity contribution >= 4 is 0 Å². The number of rotatable bonds is 23. The predicted molar refractivity (Wildman–Crippen MR) is 533 cm³/mol. The summed E-state index contributed by atoms with van der Waals surface area (Å²) in [5.74, 6) is 8.55. The molecule has 0 aromatic heterocycles. The molecule has 0 aromatic carbocycles. The average molecular weight is 1830 g/mol. The summed E-state index contributed by atoms with van der Waals surface area (Å²) < 4.78 is 87.7. The summed E-state index contributed by atoms with van der Waals surface area (Å²) in [5.41, 5.74) is 2.06. The maximum absolute atomic E-state index is 5.40. The van der Waals surface area contributed by atoms with Crippen LogP contribution >= 0.6 is 0 Å². The van der Waals surface area contributed by atoms with Crippen LogP contribution in [0.25, 0.3) is 0 Å². The Morgan fingerprint density at radius 2 is 0.835 bits per heavy atom. The highest BCUT2D eigenvalue weighted by Crippen LogP contribution is 2.44. The maximum atomic E-state index is 5.40. The van der Waals surface area contributed by atoms with Crippen LogP contribution in [0.1, 0.15) is 236 Å². The Kier molecular flexibility index (Phi) is 81.4. The van der Waals surface area contributed by atoms with Gasteiger partial charge in [0.05, 0.1) is 113 Å². The number of hydrogen-bond acceptors (Lipinski definition) is 24. The zero-order valence-corrected chi connectivity index (χ0v) is 90.5. The highest BCUT2D eigenvalue weighted by Gasteiger charge is 2.37. The first-order chi connectivity index (χ1) is 60.3. The first-order valence-corrected chi connectivity index (χ1v) is 49.9. The van der Waals surface area contributed by atoms with Crippen LogP contribution in [0.4, 0.5) is 0 Å². The van der Waals surface area contributed by atoms with E-state index in [1.165, 1.54) is 96.8 Å². The largest absolute Gasteiger partial charge is 0.384 e. The van der Waals surface area contributed by atoms with Gasteiger partial charge < -0.3 is 116 Å². The third-order valence-corrected chi connectivity index (χ3v) is 26.9. The van der Waals surface area contributed by atoms with E-state index in [-0.39, 0.29) is 0 Å². The summed E-state index contributed by atoms with van der Waals surface area (Å²) in [6.45, 7) is 78.1. The molecule has 10 heterocycles. The second kappa shape index (κ2) is 79.7. The fraction of sp³-hybridized carbons (Fsp3) is 0.981. The van der Waals surface area contributed by atoms with E-state index >= 15 is 0 Å². The molecule has 24 heteroatoms. The lowest BCUT2D eigenvalue weighted by Gasteiger charge is -2.37. The fourth-order valence-electron chi connectivity index (χ4n) is 16.6. The Morgan fingerprint density at radius 3 is 1.12 bits per heavy atom. The van der Waals surface area contributed by atoms with Crippen molar-refractivity contribution < 1.29 is 80.5 Å². The Morgan fingerprint density at radius 1 is 0.394 bits per heavy atom. The molecular formula is C103H217N7O17. The van der Waals surface area contributed by atoms with Crippen molar-refractivity contribution in [3.63, 3.8) is 0 Å². The Labute approximate surface area is 786 Å². The minimum atomic E-state index is 0.328. The maximum Gasteiger partial charge on any atom is 0.0852 e. The van der Waals surface area contributed by atoms with Gasteiger partial charge >= 0.3 is 0 Å². The molecule has 0 amide bonds. The van der Waals surface area contributed by atoms with Crippen molar-refractivity contribution in [2.45, 2.75) is 303 Å². The third kappa shape index (κ3) is 62.9. The fourth-order valence-corrected chi connectivity index (χ4v) is 16.6. The molecule has 12 rings (SSSR count). The van der Waals surface area contributed by atoms with Gasteiger partial charge in [-0.3, -0.25) is 0 Å². The zero-order valence-electron chi connectivity index (χ0n) is 90.5. The molecule has 2 N–H and O–H groups in total. The molecular weight excluding hydrogens is 1610 g/mol. The van der Waals surface area contributed by atoms with Crippen LogP contribution in [0.5, 0.6) is 0 Å². The first-order valence-electron chi connectivity index (χ1n) is 49.9. The normalized spacial score (nSPS) is 31.1. The van der Waals surface area contributed by atoms with Crippen LogP contribution in [0, 0.1) is 81.8 Å². The van der Waals surface area contributed by atoms with Crippen LogP contribution in [-0.4, -0.2) is 369 Å². The molecule has 10 unspecified atom stereocenters. The first kappa shape index (κ1) is 130. The van der Waals surface area contributed by atoms with E-state index in [0.717, 1.165) is 186 Å². The van der Waals surface area contributed by atoms with E-state index in [2.05, 4.69) is 208 Å². The Bertz CT molecular complexity index is 2320. The van der Waals surface area contributed by atoms with Gasteiger partial charge in [-0.2, -0.15) is 0 Å². The van der Waals surface area contributed by atoms with Crippen LogP contribution in [0.2, 0.25) is 0 Å². The van der Waals surface area contributed by atoms with Gasteiger partial charge in [0.25, 0.3) is 0 Å². The van der Waals surface area contributed by atoms with Crippen molar-refractivity contribution in [3.8, 4) is 0 Å². The van der Waals surface area contributed by atoms with Crippen molar-refractivity contribution in [1.29, 1.82) is 0 Å². The molecule has 10 aliphatic heterocycles. The molecule has 0 aromatic rings. The molecule has 0 spiro atoms. The monoisotopic (exact) mass is 1820 g/mol. The van der Waals surface area contributed by atoms with E-state index < -0.39 is 0 Å². The summed E-state index contributed by atoms with van der Waals surface area (Å²) >= 11 is 0. The lowest BCUT2D eigenvalue weighted by molar-refractivity contribution is -0.131. The smallest absolute Gasteiger partial charge is 0.0852 e. The molecule has 2 aliphatic carbocycles. The molecule has 24 nitrogen and oxygen atoms in total. The van der Waals surface area contributed by atoms with Crippen LogP contribution in [0.3, 0.4) is 0 Å². The third-order valence-electron chi connectivity index (χ3n) is 26.9. The van der Waals surface area contributed by atoms with Crippen LogP contribution in [0.15, 0.2) is 12.3 Å². The summed E-state index contributed by atoms with van der Waals surface area (Å²) in [5, 5.41) is 6.54. The molecule has 12 fully saturated rings. The Balaban J connectivity index is -0.00000130. The van der Waals surface area contributed by atoms with E-state index in [1.54, 1.807) is 85.3 Å². The molecule has 0 bridgehead atoms. The average Bonchev–Trinajstić information content (AvgIpc) is 1.65. The zero-order chi connectivity index (χ0) is 97.0. The SMILES string of the molecule is C=C(C)N1CCC(C)[C@@H](OC)C1.CCCC(C)C.CCN1CC(C)[C@@H](OC)C1.CCN1CCC(C)[C@@H](OC)C1.CC[C@H](C)OC.COCC(C)C.COCC1(C)CC1.COCC1(C)COC1.CO[C@H]1CCCC1C.CO[C@H]1CCOCC1C.CO[C@H]1CN(C)CC1C.CO[C@H]1CN(C)CCC1C.CO[C@H]1CNCC1C.CO[C@H]1CNCCC1C.CO[C@H]1COCC1C. The number of nitrogens with one attached hydrogen (secondary N) is 2. The number of ether oxygens (including phenoxy) is 17. The molecule has 10 saturated heterocycles. The summed E-state index contributed by atoms with van der Waals surface area (Å²) in [7, 11) is 29.1. The van der Waals surface area contributed by atoms with Gasteiger partial charge in [0.2, 0.25) is 0 Å². The lowest BCUT2D eigenvalue weighted by atomic mass is 9.90. The van der Waals surface area contributed by atoms with Gasteiger partial charge in [-0.05, 0) is 189 Å². The van der Waals surface area contributed by atoms with Crippen LogP contribution < -0.4 is 10.6 Å². The second-order valence-corrected chi connectivity index (χ2v) is 40.2. The highest BCUT2D eigenvalue weighted by atomic mass is 16.5. The second-order valence-electron chi connectivity index (χ2n) is 40.2. The topological polar surface area (TPSA) is 197 Å². The van der Waals surface area contributed by atoms with E-state index in [4.69, 9.17) is 80.5 Å². The van der Waals surface area contributed by atoms with E-state index in [1.807, 2.05) is 14.2 Å². The Hall–Kier alpha value is -1.38. The van der Waals surface area contributed by atoms with Crippen molar-refractivity contribution in [2.75, 3.05) is 278 Å². The summed E-state index contributed by atoms with van der Waals surface area (Å²) in [6, 6.07) is 0. The number of methoxy groups -OCH3 is 14. The number of likely N-dealkylation sites (N-methyl/N-ethyl adjacent to an activating group) is 4. The minimum absolute atomic E-state index is 0.328. The molecule has 2 saturated carbocycles. The summed E-state index contributed by atoms with van der Waals surface area (Å²) in [6.07, 6.45) is 21.5. The summed E-state index contributed by atoms with van der Waals surface area (Å²) in [4.78, 5) is 11.8. The van der Waals surface area contributed by atoms with Gasteiger partial charge in [-0.15, -0.1) is 0 Å². The predicted octanol–water partition coefficient (Wildman–Crippen LogP) is 17.5. The molecule has 12 aliphatic rings. The number of allylic oxidation sites excluding steroid dienone is 1.